The van der Waals surface area contributed by atoms with E-state index in [0.29, 0.717) is 26.4 Å². The molecule has 0 aliphatic heterocycles. The summed E-state index contributed by atoms with van der Waals surface area (Å²) in [5.41, 5.74) is 0. The number of methoxy groups -OCH3 is 1. The van der Waals surface area contributed by atoms with Crippen molar-refractivity contribution in [2.45, 2.75) is 0 Å². The van der Waals surface area contributed by atoms with E-state index in [1.807, 2.05) is 12.1 Å². The lowest BCUT2D eigenvalue weighted by molar-refractivity contribution is 0.0544. The Labute approximate surface area is 83.8 Å². The zero-order valence-electron chi connectivity index (χ0n) is 8.31. The maximum atomic E-state index is 5.38. The number of aromatic nitrogens is 1. The predicted molar refractivity (Wildman–Crippen MR) is 52.4 cm³/mol. The lowest BCUT2D eigenvalue weighted by Gasteiger charge is -2.06. The fraction of sp³-hybridized carbons (Fsp3) is 0.500. The summed E-state index contributed by atoms with van der Waals surface area (Å²) in [6, 6.07) is 3.63. The van der Waals surface area contributed by atoms with E-state index in [9.17, 15) is 0 Å². The fourth-order valence-corrected chi connectivity index (χ4v) is 0.897. The standard InChI is InChI=1S/C10H15NO3/c1-12-6-7-13-8-9-14-10-2-4-11-5-3-10/h2-5H,6-9H2,1H3. The first-order valence-corrected chi connectivity index (χ1v) is 4.53. The third-order valence-electron chi connectivity index (χ3n) is 1.58. The Hall–Kier alpha value is -1.13. The van der Waals surface area contributed by atoms with Crippen LogP contribution in [0.3, 0.4) is 0 Å². The molecule has 1 heterocycles. The van der Waals surface area contributed by atoms with E-state index in [4.69, 9.17) is 14.2 Å². The number of nitrogens with zero attached hydrogens (tertiary/aromatic N) is 1. The maximum Gasteiger partial charge on any atom is 0.122 e. The third-order valence-corrected chi connectivity index (χ3v) is 1.58. The molecule has 0 saturated heterocycles. The summed E-state index contributed by atoms with van der Waals surface area (Å²) in [6.45, 7) is 2.35. The van der Waals surface area contributed by atoms with Gasteiger partial charge in [0.1, 0.15) is 12.4 Å². The van der Waals surface area contributed by atoms with Crippen LogP contribution in [0.1, 0.15) is 0 Å². The predicted octanol–water partition coefficient (Wildman–Crippen LogP) is 1.12. The number of hydrogen-bond acceptors (Lipinski definition) is 4. The summed E-state index contributed by atoms with van der Waals surface area (Å²) in [4.78, 5) is 3.89. The van der Waals surface area contributed by atoms with Crippen molar-refractivity contribution in [1.29, 1.82) is 0 Å². The molecule has 4 heteroatoms. The highest BCUT2D eigenvalue weighted by Crippen LogP contribution is 2.05. The number of hydrogen-bond donors (Lipinski definition) is 0. The molecule has 0 fully saturated rings. The molecule has 1 rings (SSSR count). The highest BCUT2D eigenvalue weighted by atomic mass is 16.5. The zero-order valence-corrected chi connectivity index (χ0v) is 8.31. The Morgan fingerprint density at radius 2 is 1.79 bits per heavy atom. The first-order chi connectivity index (χ1) is 6.93. The number of ether oxygens (including phenoxy) is 3. The molecule has 0 N–H and O–H groups in total. The molecule has 78 valence electrons. The van der Waals surface area contributed by atoms with Crippen LogP contribution in [0.5, 0.6) is 5.75 Å². The minimum atomic E-state index is 0.549. The molecule has 0 aliphatic rings. The van der Waals surface area contributed by atoms with Crippen LogP contribution < -0.4 is 4.74 Å². The first-order valence-electron chi connectivity index (χ1n) is 4.53. The summed E-state index contributed by atoms with van der Waals surface area (Å²) in [5.74, 6) is 0.815. The average molecular weight is 197 g/mol. The van der Waals surface area contributed by atoms with Crippen LogP contribution in [0.15, 0.2) is 24.5 Å². The second-order valence-corrected chi connectivity index (χ2v) is 2.64. The van der Waals surface area contributed by atoms with Crippen molar-refractivity contribution in [2.24, 2.45) is 0 Å². The van der Waals surface area contributed by atoms with Gasteiger partial charge in [-0.2, -0.15) is 0 Å². The van der Waals surface area contributed by atoms with Gasteiger partial charge in [-0.3, -0.25) is 4.98 Å². The highest BCUT2D eigenvalue weighted by Gasteiger charge is 1.91. The molecule has 0 unspecified atom stereocenters. The van der Waals surface area contributed by atoms with E-state index in [1.54, 1.807) is 19.5 Å². The van der Waals surface area contributed by atoms with E-state index in [1.165, 1.54) is 0 Å². The monoisotopic (exact) mass is 197 g/mol. The van der Waals surface area contributed by atoms with Crippen molar-refractivity contribution in [1.82, 2.24) is 4.98 Å². The van der Waals surface area contributed by atoms with E-state index >= 15 is 0 Å². The van der Waals surface area contributed by atoms with Gasteiger partial charge in [-0.25, -0.2) is 0 Å². The smallest absolute Gasteiger partial charge is 0.122 e. The molecule has 0 aliphatic carbocycles. The summed E-state index contributed by atoms with van der Waals surface area (Å²) in [7, 11) is 1.65. The SMILES string of the molecule is COCCOCCOc1ccncc1. The van der Waals surface area contributed by atoms with Crippen molar-refractivity contribution in [3.63, 3.8) is 0 Å². The minimum absolute atomic E-state index is 0.549. The van der Waals surface area contributed by atoms with E-state index in [-0.39, 0.29) is 0 Å². The quantitative estimate of drug-likeness (QED) is 0.614. The zero-order chi connectivity index (χ0) is 10.1. The molecule has 0 amide bonds. The molecular formula is C10H15NO3. The van der Waals surface area contributed by atoms with Gasteiger partial charge >= 0.3 is 0 Å². The van der Waals surface area contributed by atoms with E-state index in [2.05, 4.69) is 4.98 Å². The van der Waals surface area contributed by atoms with Crippen molar-refractivity contribution in [2.75, 3.05) is 33.5 Å². The van der Waals surface area contributed by atoms with Gasteiger partial charge in [-0.05, 0) is 12.1 Å². The fourth-order valence-electron chi connectivity index (χ4n) is 0.897. The molecule has 0 radical (unpaired) electrons. The largest absolute Gasteiger partial charge is 0.491 e. The van der Waals surface area contributed by atoms with Crippen LogP contribution in [0.2, 0.25) is 0 Å². The van der Waals surface area contributed by atoms with Crippen LogP contribution in [-0.2, 0) is 9.47 Å². The summed E-state index contributed by atoms with van der Waals surface area (Å²) in [5, 5.41) is 0. The summed E-state index contributed by atoms with van der Waals surface area (Å²) >= 11 is 0. The Kier molecular flexibility index (Phi) is 5.70. The normalized spacial score (nSPS) is 10.1. The van der Waals surface area contributed by atoms with Crippen molar-refractivity contribution in [3.05, 3.63) is 24.5 Å². The molecule has 0 bridgehead atoms. The number of rotatable bonds is 7. The molecule has 0 aromatic carbocycles. The van der Waals surface area contributed by atoms with Gasteiger partial charge in [-0.1, -0.05) is 0 Å². The second-order valence-electron chi connectivity index (χ2n) is 2.64. The Balaban J connectivity index is 1.99. The minimum Gasteiger partial charge on any atom is -0.491 e. The molecular weight excluding hydrogens is 182 g/mol. The van der Waals surface area contributed by atoms with Gasteiger partial charge in [0.25, 0.3) is 0 Å². The van der Waals surface area contributed by atoms with Crippen LogP contribution in [-0.4, -0.2) is 38.5 Å². The summed E-state index contributed by atoms with van der Waals surface area (Å²) in [6.07, 6.45) is 3.39. The van der Waals surface area contributed by atoms with Gasteiger partial charge in [-0.15, -0.1) is 0 Å². The molecule has 0 spiro atoms. The molecule has 4 nitrogen and oxygen atoms in total. The number of pyridine rings is 1. The lowest BCUT2D eigenvalue weighted by atomic mass is 10.4. The van der Waals surface area contributed by atoms with E-state index in [0.717, 1.165) is 5.75 Å². The summed E-state index contributed by atoms with van der Waals surface area (Å²) < 4.78 is 15.4. The van der Waals surface area contributed by atoms with Gasteiger partial charge in [0.05, 0.1) is 19.8 Å². The van der Waals surface area contributed by atoms with Gasteiger partial charge in [0.15, 0.2) is 0 Å². The van der Waals surface area contributed by atoms with Crippen LogP contribution in [0.4, 0.5) is 0 Å². The second kappa shape index (κ2) is 7.29. The first kappa shape index (κ1) is 10.9. The average Bonchev–Trinajstić information content (AvgIpc) is 2.25. The van der Waals surface area contributed by atoms with Crippen molar-refractivity contribution < 1.29 is 14.2 Å². The van der Waals surface area contributed by atoms with Crippen molar-refractivity contribution in [3.8, 4) is 5.75 Å². The molecule has 0 atom stereocenters. The Bertz CT molecular complexity index is 228. The molecule has 14 heavy (non-hydrogen) atoms. The maximum absolute atomic E-state index is 5.38. The van der Waals surface area contributed by atoms with Gasteiger partial charge < -0.3 is 14.2 Å². The Morgan fingerprint density at radius 1 is 1.07 bits per heavy atom. The lowest BCUT2D eigenvalue weighted by Crippen LogP contribution is -2.09. The van der Waals surface area contributed by atoms with Crippen LogP contribution in [0, 0.1) is 0 Å². The molecule has 0 saturated carbocycles. The van der Waals surface area contributed by atoms with Crippen LogP contribution in [0.25, 0.3) is 0 Å². The van der Waals surface area contributed by atoms with Crippen LogP contribution >= 0.6 is 0 Å². The van der Waals surface area contributed by atoms with Gasteiger partial charge in [0, 0.05) is 19.5 Å². The molecule has 1 aromatic heterocycles. The topological polar surface area (TPSA) is 40.6 Å². The Morgan fingerprint density at radius 3 is 2.50 bits per heavy atom. The van der Waals surface area contributed by atoms with E-state index < -0.39 is 0 Å². The highest BCUT2D eigenvalue weighted by molar-refractivity contribution is 5.16. The van der Waals surface area contributed by atoms with Gasteiger partial charge in [0.2, 0.25) is 0 Å². The molecule has 1 aromatic rings. The van der Waals surface area contributed by atoms with Crippen molar-refractivity contribution >= 4 is 0 Å². The third kappa shape index (κ3) is 4.79.